The molecular formula is C30H36N4O4. The second-order valence-corrected chi connectivity index (χ2v) is 9.38. The van der Waals surface area contributed by atoms with E-state index in [0.717, 1.165) is 56.1 Å². The number of carbonyl (C=O) groups excluding carboxylic acids is 2. The van der Waals surface area contributed by atoms with Crippen molar-refractivity contribution < 1.29 is 19.1 Å². The molecule has 8 heteroatoms. The van der Waals surface area contributed by atoms with Gasteiger partial charge in [-0.3, -0.25) is 9.69 Å². The standard InChI is InChI=1S/C30H36N4O4/c1-23-8-12-26(13-9-23)38-27-14-10-25(11-15-27)32-30(36)33-28(22-24-6-3-2-4-7-24)29(35)31-16-5-17-34-18-20-37-21-19-34/h2-4,6-15,28H,5,16-22H2,1H3,(H,31,35)(H2,32,33,36)/t28-/m0/s1. The zero-order chi connectivity index (χ0) is 26.6. The summed E-state index contributed by atoms with van der Waals surface area (Å²) in [7, 11) is 0. The maximum absolute atomic E-state index is 13.0. The molecular weight excluding hydrogens is 480 g/mol. The molecule has 0 saturated carbocycles. The Morgan fingerprint density at radius 3 is 2.26 bits per heavy atom. The van der Waals surface area contributed by atoms with E-state index in [2.05, 4.69) is 20.9 Å². The molecule has 200 valence electrons. The maximum atomic E-state index is 13.0. The first kappa shape index (κ1) is 27.2. The van der Waals surface area contributed by atoms with Crippen LogP contribution in [0.1, 0.15) is 17.5 Å². The summed E-state index contributed by atoms with van der Waals surface area (Å²) in [5.74, 6) is 1.21. The van der Waals surface area contributed by atoms with Crippen LogP contribution >= 0.6 is 0 Å². The number of hydrogen-bond acceptors (Lipinski definition) is 5. The Hall–Kier alpha value is -3.88. The van der Waals surface area contributed by atoms with Crippen LogP contribution in [0.3, 0.4) is 0 Å². The predicted molar refractivity (Wildman–Crippen MR) is 149 cm³/mol. The topological polar surface area (TPSA) is 91.9 Å². The fourth-order valence-corrected chi connectivity index (χ4v) is 4.20. The smallest absolute Gasteiger partial charge is 0.319 e. The molecule has 1 aliphatic heterocycles. The first-order valence-electron chi connectivity index (χ1n) is 13.1. The minimum absolute atomic E-state index is 0.201. The molecule has 4 rings (SSSR count). The van der Waals surface area contributed by atoms with E-state index in [1.54, 1.807) is 24.3 Å². The number of amides is 3. The molecule has 0 unspecified atom stereocenters. The van der Waals surface area contributed by atoms with E-state index < -0.39 is 12.1 Å². The summed E-state index contributed by atoms with van der Waals surface area (Å²) in [6.07, 6.45) is 1.24. The van der Waals surface area contributed by atoms with Gasteiger partial charge in [-0.1, -0.05) is 48.0 Å². The summed E-state index contributed by atoms with van der Waals surface area (Å²) in [5.41, 5.74) is 2.73. The average Bonchev–Trinajstić information content (AvgIpc) is 2.94. The van der Waals surface area contributed by atoms with Gasteiger partial charge in [0.15, 0.2) is 0 Å². The second-order valence-electron chi connectivity index (χ2n) is 9.38. The van der Waals surface area contributed by atoms with Gasteiger partial charge >= 0.3 is 6.03 Å². The van der Waals surface area contributed by atoms with Crippen LogP contribution in [-0.2, 0) is 16.0 Å². The largest absolute Gasteiger partial charge is 0.457 e. The van der Waals surface area contributed by atoms with E-state index in [1.807, 2.05) is 61.5 Å². The first-order chi connectivity index (χ1) is 18.5. The zero-order valence-corrected chi connectivity index (χ0v) is 21.8. The minimum Gasteiger partial charge on any atom is -0.457 e. The van der Waals surface area contributed by atoms with Gasteiger partial charge in [-0.05, 0) is 61.9 Å². The molecule has 0 radical (unpaired) electrons. The number of hydrogen-bond donors (Lipinski definition) is 3. The molecule has 3 N–H and O–H groups in total. The summed E-state index contributed by atoms with van der Waals surface area (Å²) >= 11 is 0. The number of urea groups is 1. The number of aryl methyl sites for hydroxylation is 1. The van der Waals surface area contributed by atoms with E-state index in [9.17, 15) is 9.59 Å². The molecule has 3 aromatic carbocycles. The number of carbonyl (C=O) groups is 2. The lowest BCUT2D eigenvalue weighted by Gasteiger charge is -2.26. The van der Waals surface area contributed by atoms with E-state index in [4.69, 9.17) is 9.47 Å². The summed E-state index contributed by atoms with van der Waals surface area (Å²) in [5, 5.41) is 8.65. The SMILES string of the molecule is Cc1ccc(Oc2ccc(NC(=O)N[C@@H](Cc3ccccc3)C(=O)NCCCN3CCOCC3)cc2)cc1. The number of benzene rings is 3. The molecule has 1 fully saturated rings. The Balaban J connectivity index is 1.29. The summed E-state index contributed by atoms with van der Waals surface area (Å²) in [6, 6.07) is 23.4. The van der Waals surface area contributed by atoms with Crippen molar-refractivity contribution in [1.29, 1.82) is 0 Å². The van der Waals surface area contributed by atoms with E-state index in [1.165, 1.54) is 0 Å². The number of rotatable bonds is 11. The fourth-order valence-electron chi connectivity index (χ4n) is 4.20. The van der Waals surface area contributed by atoms with Crippen LogP contribution in [0.25, 0.3) is 0 Å². The average molecular weight is 517 g/mol. The molecule has 0 spiro atoms. The molecule has 3 aromatic rings. The lowest BCUT2D eigenvalue weighted by atomic mass is 10.1. The third-order valence-electron chi connectivity index (χ3n) is 6.33. The third kappa shape index (κ3) is 8.90. The maximum Gasteiger partial charge on any atom is 0.319 e. The molecule has 1 aliphatic rings. The summed E-state index contributed by atoms with van der Waals surface area (Å²) in [4.78, 5) is 28.2. The van der Waals surface area contributed by atoms with Crippen molar-refractivity contribution in [1.82, 2.24) is 15.5 Å². The van der Waals surface area contributed by atoms with Crippen LogP contribution in [0.4, 0.5) is 10.5 Å². The van der Waals surface area contributed by atoms with Crippen LogP contribution < -0.4 is 20.7 Å². The number of anilines is 1. The highest BCUT2D eigenvalue weighted by Gasteiger charge is 2.21. The van der Waals surface area contributed by atoms with Crippen LogP contribution in [0.2, 0.25) is 0 Å². The first-order valence-corrected chi connectivity index (χ1v) is 13.1. The molecule has 1 heterocycles. The van der Waals surface area contributed by atoms with Crippen LogP contribution in [0, 0.1) is 6.92 Å². The Kier molecular flexibility index (Phi) is 10.1. The van der Waals surface area contributed by atoms with Gasteiger partial charge in [-0.25, -0.2) is 4.79 Å². The van der Waals surface area contributed by atoms with Crippen molar-refractivity contribution in [3.05, 3.63) is 90.0 Å². The second kappa shape index (κ2) is 14.2. The molecule has 0 aromatic heterocycles. The van der Waals surface area contributed by atoms with E-state index in [0.29, 0.717) is 24.4 Å². The van der Waals surface area contributed by atoms with Gasteiger partial charge in [0.25, 0.3) is 0 Å². The van der Waals surface area contributed by atoms with Crippen molar-refractivity contribution in [3.8, 4) is 11.5 Å². The molecule has 38 heavy (non-hydrogen) atoms. The number of nitrogens with zero attached hydrogens (tertiary/aromatic N) is 1. The monoisotopic (exact) mass is 516 g/mol. The normalized spacial score (nSPS) is 14.3. The van der Waals surface area contributed by atoms with Gasteiger partial charge < -0.3 is 25.4 Å². The lowest BCUT2D eigenvalue weighted by molar-refractivity contribution is -0.122. The molecule has 0 bridgehead atoms. The Morgan fingerprint density at radius 2 is 1.58 bits per heavy atom. The van der Waals surface area contributed by atoms with Gasteiger partial charge in [0.05, 0.1) is 13.2 Å². The van der Waals surface area contributed by atoms with Crippen LogP contribution in [-0.4, -0.2) is 62.3 Å². The van der Waals surface area contributed by atoms with Crippen LogP contribution in [0.15, 0.2) is 78.9 Å². The summed E-state index contributed by atoms with van der Waals surface area (Å²) < 4.78 is 11.2. The van der Waals surface area contributed by atoms with Crippen molar-refractivity contribution in [2.24, 2.45) is 0 Å². The van der Waals surface area contributed by atoms with Gasteiger partial charge in [0.1, 0.15) is 17.5 Å². The minimum atomic E-state index is -0.704. The fraction of sp³-hybridized carbons (Fsp3) is 0.333. The van der Waals surface area contributed by atoms with Crippen molar-refractivity contribution in [2.45, 2.75) is 25.8 Å². The van der Waals surface area contributed by atoms with Crippen LogP contribution in [0.5, 0.6) is 11.5 Å². The number of morpholine rings is 1. The molecule has 3 amide bonds. The highest BCUT2D eigenvalue weighted by molar-refractivity contribution is 5.93. The Bertz CT molecular complexity index is 1150. The Labute approximate surface area is 224 Å². The van der Waals surface area contributed by atoms with E-state index >= 15 is 0 Å². The predicted octanol–water partition coefficient (Wildman–Crippen LogP) is 4.36. The van der Waals surface area contributed by atoms with Gasteiger partial charge in [-0.15, -0.1) is 0 Å². The quantitative estimate of drug-likeness (QED) is 0.330. The van der Waals surface area contributed by atoms with Gasteiger partial charge in [0, 0.05) is 31.7 Å². The molecule has 1 saturated heterocycles. The van der Waals surface area contributed by atoms with Crippen molar-refractivity contribution in [3.63, 3.8) is 0 Å². The highest BCUT2D eigenvalue weighted by atomic mass is 16.5. The summed E-state index contributed by atoms with van der Waals surface area (Å²) in [6.45, 7) is 6.84. The molecule has 1 atom stereocenters. The number of ether oxygens (including phenoxy) is 2. The Morgan fingerprint density at radius 1 is 0.921 bits per heavy atom. The third-order valence-corrected chi connectivity index (χ3v) is 6.33. The number of nitrogens with one attached hydrogen (secondary N) is 3. The highest BCUT2D eigenvalue weighted by Crippen LogP contribution is 2.23. The van der Waals surface area contributed by atoms with Crippen molar-refractivity contribution >= 4 is 17.6 Å². The zero-order valence-electron chi connectivity index (χ0n) is 21.8. The van der Waals surface area contributed by atoms with Gasteiger partial charge in [0.2, 0.25) is 5.91 Å². The van der Waals surface area contributed by atoms with E-state index in [-0.39, 0.29) is 5.91 Å². The lowest BCUT2D eigenvalue weighted by Crippen LogP contribution is -2.49. The molecule has 8 nitrogen and oxygen atoms in total. The van der Waals surface area contributed by atoms with Crippen molar-refractivity contribution in [2.75, 3.05) is 44.7 Å². The molecule has 0 aliphatic carbocycles. The van der Waals surface area contributed by atoms with Gasteiger partial charge in [-0.2, -0.15) is 0 Å².